The molecule has 2 aromatic rings. The summed E-state index contributed by atoms with van der Waals surface area (Å²) in [6.45, 7) is 0. The summed E-state index contributed by atoms with van der Waals surface area (Å²) in [7, 11) is 0. The van der Waals surface area contributed by atoms with Crippen molar-refractivity contribution in [2.45, 2.75) is 18.6 Å². The second-order valence-corrected chi connectivity index (χ2v) is 6.54. The van der Waals surface area contributed by atoms with Gasteiger partial charge in [0.15, 0.2) is 0 Å². The number of aliphatic hydroxyl groups is 1. The number of aliphatic hydroxyl groups excluding tert-OH is 1. The van der Waals surface area contributed by atoms with Gasteiger partial charge >= 0.3 is 0 Å². The van der Waals surface area contributed by atoms with Crippen molar-refractivity contribution in [1.29, 1.82) is 0 Å². The highest BCUT2D eigenvalue weighted by molar-refractivity contribution is 9.10. The van der Waals surface area contributed by atoms with Gasteiger partial charge in [-0.2, -0.15) is 0 Å². The van der Waals surface area contributed by atoms with E-state index in [2.05, 4.69) is 31.9 Å². The number of hydrogen-bond acceptors (Lipinski definition) is 2. The van der Waals surface area contributed by atoms with Gasteiger partial charge in [0, 0.05) is 26.5 Å². The van der Waals surface area contributed by atoms with Crippen molar-refractivity contribution in [3.63, 3.8) is 0 Å². The van der Waals surface area contributed by atoms with Crippen molar-refractivity contribution in [2.75, 3.05) is 0 Å². The first-order valence-corrected chi connectivity index (χ1v) is 7.72. The third-order valence-corrected chi connectivity index (χ3v) is 4.33. The van der Waals surface area contributed by atoms with E-state index in [9.17, 15) is 9.50 Å². The molecular weight excluding hydrogens is 391 g/mol. The molecule has 2 aromatic carbocycles. The predicted molar refractivity (Wildman–Crippen MR) is 81.2 cm³/mol. The first-order chi connectivity index (χ1) is 9.54. The highest BCUT2D eigenvalue weighted by Crippen LogP contribution is 2.42. The van der Waals surface area contributed by atoms with E-state index in [1.807, 2.05) is 12.1 Å². The number of ether oxygens (including phenoxy) is 1. The minimum atomic E-state index is -0.667. The summed E-state index contributed by atoms with van der Waals surface area (Å²) in [5.41, 5.74) is 1.18. The number of rotatable bonds is 1. The zero-order valence-electron chi connectivity index (χ0n) is 10.3. The van der Waals surface area contributed by atoms with Gasteiger partial charge in [-0.3, -0.25) is 0 Å². The maximum Gasteiger partial charge on any atom is 0.130 e. The van der Waals surface area contributed by atoms with Crippen molar-refractivity contribution >= 4 is 31.9 Å². The van der Waals surface area contributed by atoms with E-state index in [4.69, 9.17) is 4.74 Å². The Labute approximate surface area is 132 Å². The molecule has 5 heteroatoms. The smallest absolute Gasteiger partial charge is 0.130 e. The molecule has 104 valence electrons. The minimum Gasteiger partial charge on any atom is -0.485 e. The molecule has 0 fully saturated rings. The molecule has 1 aliphatic rings. The summed E-state index contributed by atoms with van der Waals surface area (Å²) in [4.78, 5) is 0. The molecule has 1 aliphatic heterocycles. The highest BCUT2D eigenvalue weighted by Gasteiger charge is 2.29. The summed E-state index contributed by atoms with van der Waals surface area (Å²) in [6.07, 6.45) is -0.826. The Kier molecular flexibility index (Phi) is 3.84. The van der Waals surface area contributed by atoms with Crippen molar-refractivity contribution in [3.05, 3.63) is 62.3 Å². The fraction of sp³-hybridized carbons (Fsp3) is 0.200. The third-order valence-electron chi connectivity index (χ3n) is 3.34. The van der Waals surface area contributed by atoms with Gasteiger partial charge in [0.25, 0.3) is 0 Å². The largest absolute Gasteiger partial charge is 0.485 e. The Balaban J connectivity index is 1.99. The topological polar surface area (TPSA) is 29.5 Å². The van der Waals surface area contributed by atoms with E-state index < -0.39 is 12.2 Å². The van der Waals surface area contributed by atoms with Crippen molar-refractivity contribution < 1.29 is 14.2 Å². The molecule has 0 amide bonds. The second-order valence-electron chi connectivity index (χ2n) is 4.71. The van der Waals surface area contributed by atoms with Gasteiger partial charge in [0.05, 0.1) is 6.10 Å². The summed E-state index contributed by atoms with van der Waals surface area (Å²) in [5, 5.41) is 10.2. The summed E-state index contributed by atoms with van der Waals surface area (Å²) < 4.78 is 21.4. The maximum absolute atomic E-state index is 13.9. The van der Waals surface area contributed by atoms with Crippen LogP contribution in [0.15, 0.2) is 45.3 Å². The van der Waals surface area contributed by atoms with Crippen LogP contribution < -0.4 is 4.74 Å². The standard InChI is InChI=1S/C15H11Br2FO2/c16-8-1-3-12(18)10(5-8)15-7-13(19)11-6-9(17)2-4-14(11)20-15/h1-6,13,15,19H,7H2/t13-,15?/m1/s1. The number of halogens is 3. The Morgan fingerprint density at radius 1 is 1.05 bits per heavy atom. The van der Waals surface area contributed by atoms with Crippen molar-refractivity contribution in [2.24, 2.45) is 0 Å². The Morgan fingerprint density at radius 2 is 1.70 bits per heavy atom. The van der Waals surface area contributed by atoms with Crippen LogP contribution in [-0.2, 0) is 0 Å². The van der Waals surface area contributed by atoms with Gasteiger partial charge in [0.1, 0.15) is 17.7 Å². The number of benzene rings is 2. The lowest BCUT2D eigenvalue weighted by molar-refractivity contribution is 0.0639. The SMILES string of the molecule is O[C@@H]1CC(c2cc(Br)ccc2F)Oc2ccc(Br)cc21. The van der Waals surface area contributed by atoms with Crippen LogP contribution in [0.1, 0.15) is 29.8 Å². The van der Waals surface area contributed by atoms with Gasteiger partial charge in [-0.25, -0.2) is 4.39 Å². The first kappa shape index (κ1) is 14.0. The zero-order chi connectivity index (χ0) is 14.3. The van der Waals surface area contributed by atoms with E-state index in [0.29, 0.717) is 17.7 Å². The lowest BCUT2D eigenvalue weighted by Crippen LogP contribution is -2.20. The fourth-order valence-corrected chi connectivity index (χ4v) is 3.13. The van der Waals surface area contributed by atoms with Gasteiger partial charge in [-0.05, 0) is 36.4 Å². The molecule has 0 aliphatic carbocycles. The predicted octanol–water partition coefficient (Wildman–Crippen LogP) is 4.91. The molecule has 1 heterocycles. The quantitative estimate of drug-likeness (QED) is 0.735. The van der Waals surface area contributed by atoms with Crippen LogP contribution >= 0.6 is 31.9 Å². The van der Waals surface area contributed by atoms with E-state index >= 15 is 0 Å². The van der Waals surface area contributed by atoms with Gasteiger partial charge in [-0.1, -0.05) is 31.9 Å². The fourth-order valence-electron chi connectivity index (χ4n) is 2.37. The van der Waals surface area contributed by atoms with E-state index in [-0.39, 0.29) is 5.82 Å². The highest BCUT2D eigenvalue weighted by atomic mass is 79.9. The molecule has 3 rings (SSSR count). The van der Waals surface area contributed by atoms with Crippen LogP contribution in [0.3, 0.4) is 0 Å². The lowest BCUT2D eigenvalue weighted by Gasteiger charge is -2.30. The molecule has 0 saturated carbocycles. The maximum atomic E-state index is 13.9. The average Bonchev–Trinajstić information content (AvgIpc) is 2.42. The number of fused-ring (bicyclic) bond motifs is 1. The molecule has 0 spiro atoms. The van der Waals surface area contributed by atoms with E-state index in [1.54, 1.807) is 18.2 Å². The zero-order valence-corrected chi connectivity index (χ0v) is 13.5. The molecular formula is C15H11Br2FO2. The van der Waals surface area contributed by atoms with Crippen LogP contribution in [0.2, 0.25) is 0 Å². The van der Waals surface area contributed by atoms with Crippen LogP contribution in [0.25, 0.3) is 0 Å². The molecule has 2 atom stereocenters. The second kappa shape index (κ2) is 5.47. The van der Waals surface area contributed by atoms with E-state index in [0.717, 1.165) is 14.5 Å². The summed E-state index contributed by atoms with van der Waals surface area (Å²) >= 11 is 6.69. The first-order valence-electron chi connectivity index (χ1n) is 6.13. The van der Waals surface area contributed by atoms with Crippen LogP contribution in [0.4, 0.5) is 4.39 Å². The minimum absolute atomic E-state index is 0.328. The number of hydrogen-bond donors (Lipinski definition) is 1. The molecule has 1 unspecified atom stereocenters. The van der Waals surface area contributed by atoms with Crippen molar-refractivity contribution in [1.82, 2.24) is 0 Å². The Morgan fingerprint density at radius 3 is 2.45 bits per heavy atom. The summed E-state index contributed by atoms with van der Waals surface area (Å²) in [5.74, 6) is 0.266. The molecule has 0 radical (unpaired) electrons. The summed E-state index contributed by atoms with van der Waals surface area (Å²) in [6, 6.07) is 10.2. The average molecular weight is 402 g/mol. The third kappa shape index (κ3) is 2.62. The molecule has 2 nitrogen and oxygen atoms in total. The van der Waals surface area contributed by atoms with Crippen LogP contribution in [-0.4, -0.2) is 5.11 Å². The van der Waals surface area contributed by atoms with E-state index in [1.165, 1.54) is 6.07 Å². The molecule has 1 N–H and O–H groups in total. The van der Waals surface area contributed by atoms with Crippen LogP contribution in [0, 0.1) is 5.82 Å². The Bertz CT molecular complexity index is 660. The molecule has 0 bridgehead atoms. The monoisotopic (exact) mass is 400 g/mol. The van der Waals surface area contributed by atoms with Gasteiger partial charge in [0.2, 0.25) is 0 Å². The normalized spacial score (nSPS) is 21.2. The Hall–Kier alpha value is -0.910. The van der Waals surface area contributed by atoms with Crippen LogP contribution in [0.5, 0.6) is 5.75 Å². The molecule has 0 aromatic heterocycles. The lowest BCUT2D eigenvalue weighted by atomic mass is 9.95. The molecule has 0 saturated heterocycles. The molecule has 20 heavy (non-hydrogen) atoms. The van der Waals surface area contributed by atoms with Gasteiger partial charge < -0.3 is 9.84 Å². The van der Waals surface area contributed by atoms with Crippen molar-refractivity contribution in [3.8, 4) is 5.75 Å². The van der Waals surface area contributed by atoms with Gasteiger partial charge in [-0.15, -0.1) is 0 Å².